The normalized spacial score (nSPS) is 27.5. The van der Waals surface area contributed by atoms with E-state index in [0.29, 0.717) is 0 Å². The molecule has 5 heteroatoms. The first kappa shape index (κ1) is 9.98. The molecule has 1 saturated heterocycles. The lowest BCUT2D eigenvalue weighted by Crippen LogP contribution is -2.44. The Morgan fingerprint density at radius 2 is 2.15 bits per heavy atom. The Labute approximate surface area is 76.6 Å². The van der Waals surface area contributed by atoms with E-state index in [1.54, 1.807) is 6.92 Å². The third-order valence-corrected chi connectivity index (χ3v) is 2.10. The Morgan fingerprint density at radius 1 is 1.54 bits per heavy atom. The van der Waals surface area contributed by atoms with Gasteiger partial charge in [-0.1, -0.05) is 0 Å². The van der Waals surface area contributed by atoms with Crippen LogP contribution in [0.4, 0.5) is 0 Å². The summed E-state index contributed by atoms with van der Waals surface area (Å²) in [5.41, 5.74) is 0. The standard InChI is InChI=1S/C8H13NO4/c1-5-7(8(11)12-3)9(4-13-5)6(2)10/h5,7H,4H2,1-3H3/t5-,7+/m1/s1. The summed E-state index contributed by atoms with van der Waals surface area (Å²) < 4.78 is 9.74. The summed E-state index contributed by atoms with van der Waals surface area (Å²) in [4.78, 5) is 23.7. The lowest BCUT2D eigenvalue weighted by molar-refractivity contribution is -0.150. The van der Waals surface area contributed by atoms with E-state index in [2.05, 4.69) is 4.74 Å². The Kier molecular flexibility index (Phi) is 2.87. The molecule has 1 aliphatic rings. The van der Waals surface area contributed by atoms with Crippen LogP contribution < -0.4 is 0 Å². The number of ether oxygens (including phenoxy) is 2. The molecule has 5 nitrogen and oxygen atoms in total. The van der Waals surface area contributed by atoms with Crippen LogP contribution in [0.15, 0.2) is 0 Å². The minimum absolute atomic E-state index is 0.163. The molecular weight excluding hydrogens is 174 g/mol. The van der Waals surface area contributed by atoms with Gasteiger partial charge in [-0.2, -0.15) is 0 Å². The zero-order valence-corrected chi connectivity index (χ0v) is 7.94. The summed E-state index contributed by atoms with van der Waals surface area (Å²) in [5.74, 6) is -0.611. The molecular formula is C8H13NO4. The highest BCUT2D eigenvalue weighted by Crippen LogP contribution is 2.17. The maximum Gasteiger partial charge on any atom is 0.331 e. The van der Waals surface area contributed by atoms with Crippen molar-refractivity contribution < 1.29 is 19.1 Å². The van der Waals surface area contributed by atoms with Crippen LogP contribution in [-0.4, -0.2) is 42.8 Å². The zero-order chi connectivity index (χ0) is 10.0. The van der Waals surface area contributed by atoms with Crippen molar-refractivity contribution in [1.82, 2.24) is 4.90 Å². The molecule has 1 aliphatic heterocycles. The molecule has 0 saturated carbocycles. The number of esters is 1. The molecule has 0 unspecified atom stereocenters. The average molecular weight is 187 g/mol. The topological polar surface area (TPSA) is 55.8 Å². The van der Waals surface area contributed by atoms with Gasteiger partial charge >= 0.3 is 5.97 Å². The van der Waals surface area contributed by atoms with Crippen LogP contribution in [0.2, 0.25) is 0 Å². The SMILES string of the molecule is COC(=O)[C@@H]1[C@@H](C)OCN1C(C)=O. The first-order chi connectivity index (χ1) is 6.07. The van der Waals surface area contributed by atoms with Crippen molar-refractivity contribution in [3.63, 3.8) is 0 Å². The molecule has 0 aromatic rings. The van der Waals surface area contributed by atoms with Crippen molar-refractivity contribution in [2.45, 2.75) is 26.0 Å². The quantitative estimate of drug-likeness (QED) is 0.531. The van der Waals surface area contributed by atoms with Crippen molar-refractivity contribution in [2.75, 3.05) is 13.8 Å². The van der Waals surface area contributed by atoms with E-state index in [9.17, 15) is 9.59 Å². The number of rotatable bonds is 1. The van der Waals surface area contributed by atoms with Gasteiger partial charge in [0.15, 0.2) is 6.04 Å². The van der Waals surface area contributed by atoms with Crippen molar-refractivity contribution >= 4 is 11.9 Å². The van der Waals surface area contributed by atoms with Gasteiger partial charge in [0.25, 0.3) is 0 Å². The van der Waals surface area contributed by atoms with Gasteiger partial charge in [-0.3, -0.25) is 4.79 Å². The van der Waals surface area contributed by atoms with Gasteiger partial charge in [-0.25, -0.2) is 4.79 Å². The second-order valence-electron chi connectivity index (χ2n) is 2.96. The van der Waals surface area contributed by atoms with Crippen LogP contribution in [0.3, 0.4) is 0 Å². The van der Waals surface area contributed by atoms with Crippen molar-refractivity contribution in [2.24, 2.45) is 0 Å². The molecule has 0 aromatic carbocycles. The van der Waals surface area contributed by atoms with E-state index in [1.807, 2.05) is 0 Å². The monoisotopic (exact) mass is 187 g/mol. The number of carbonyl (C=O) groups excluding carboxylic acids is 2. The maximum absolute atomic E-state index is 11.2. The number of hydrogen-bond donors (Lipinski definition) is 0. The van der Waals surface area contributed by atoms with E-state index in [1.165, 1.54) is 18.9 Å². The van der Waals surface area contributed by atoms with Gasteiger partial charge in [-0.05, 0) is 6.92 Å². The summed E-state index contributed by atoms with van der Waals surface area (Å²) in [6, 6.07) is -0.595. The smallest absolute Gasteiger partial charge is 0.331 e. The summed E-state index contributed by atoms with van der Waals surface area (Å²) in [5, 5.41) is 0. The van der Waals surface area contributed by atoms with E-state index >= 15 is 0 Å². The van der Waals surface area contributed by atoms with Crippen molar-refractivity contribution in [3.05, 3.63) is 0 Å². The second kappa shape index (κ2) is 3.74. The summed E-state index contributed by atoms with van der Waals surface area (Å²) >= 11 is 0. The second-order valence-corrected chi connectivity index (χ2v) is 2.96. The Hall–Kier alpha value is -1.10. The van der Waals surface area contributed by atoms with E-state index < -0.39 is 12.0 Å². The number of hydrogen-bond acceptors (Lipinski definition) is 4. The first-order valence-electron chi connectivity index (χ1n) is 4.04. The van der Waals surface area contributed by atoms with Gasteiger partial charge in [0.1, 0.15) is 6.73 Å². The Morgan fingerprint density at radius 3 is 2.62 bits per heavy atom. The molecule has 0 spiro atoms. The minimum atomic E-state index is -0.595. The minimum Gasteiger partial charge on any atom is -0.467 e. The zero-order valence-electron chi connectivity index (χ0n) is 7.94. The number of nitrogens with zero attached hydrogens (tertiary/aromatic N) is 1. The molecule has 0 aliphatic carbocycles. The molecule has 1 heterocycles. The molecule has 0 radical (unpaired) electrons. The molecule has 1 rings (SSSR count). The first-order valence-corrected chi connectivity index (χ1v) is 4.04. The fourth-order valence-corrected chi connectivity index (χ4v) is 1.35. The van der Waals surface area contributed by atoms with Crippen LogP contribution in [0.5, 0.6) is 0 Å². The molecule has 2 atom stereocenters. The highest BCUT2D eigenvalue weighted by molar-refractivity contribution is 5.84. The molecule has 0 bridgehead atoms. The van der Waals surface area contributed by atoms with Crippen LogP contribution in [-0.2, 0) is 19.1 Å². The van der Waals surface area contributed by atoms with Gasteiger partial charge in [0.05, 0.1) is 13.2 Å². The summed E-state index contributed by atoms with van der Waals surface area (Å²) in [6.45, 7) is 3.30. The predicted octanol–water partition coefficient (Wildman–Crippen LogP) is -0.247. The lowest BCUT2D eigenvalue weighted by atomic mass is 10.2. The fourth-order valence-electron chi connectivity index (χ4n) is 1.35. The highest BCUT2D eigenvalue weighted by Gasteiger charge is 2.39. The van der Waals surface area contributed by atoms with Crippen LogP contribution in [0.25, 0.3) is 0 Å². The third-order valence-electron chi connectivity index (χ3n) is 2.10. The van der Waals surface area contributed by atoms with E-state index in [4.69, 9.17) is 4.74 Å². The molecule has 0 aromatic heterocycles. The molecule has 13 heavy (non-hydrogen) atoms. The molecule has 74 valence electrons. The number of carbonyl (C=O) groups is 2. The largest absolute Gasteiger partial charge is 0.467 e. The summed E-state index contributed by atoms with van der Waals surface area (Å²) in [6.07, 6.45) is -0.295. The highest BCUT2D eigenvalue weighted by atomic mass is 16.5. The molecule has 1 fully saturated rings. The summed E-state index contributed by atoms with van der Waals surface area (Å²) in [7, 11) is 1.30. The number of methoxy groups -OCH3 is 1. The maximum atomic E-state index is 11.2. The van der Waals surface area contributed by atoms with E-state index in [0.717, 1.165) is 0 Å². The third kappa shape index (κ3) is 1.80. The van der Waals surface area contributed by atoms with Gasteiger partial charge in [-0.15, -0.1) is 0 Å². The fraction of sp³-hybridized carbons (Fsp3) is 0.750. The van der Waals surface area contributed by atoms with Gasteiger partial charge in [0.2, 0.25) is 5.91 Å². The Bertz CT molecular complexity index is 228. The van der Waals surface area contributed by atoms with E-state index in [-0.39, 0.29) is 18.7 Å². The van der Waals surface area contributed by atoms with Crippen LogP contribution in [0, 0.1) is 0 Å². The average Bonchev–Trinajstić information content (AvgIpc) is 2.46. The lowest BCUT2D eigenvalue weighted by Gasteiger charge is -2.20. The van der Waals surface area contributed by atoms with Crippen LogP contribution >= 0.6 is 0 Å². The number of amides is 1. The van der Waals surface area contributed by atoms with Crippen molar-refractivity contribution in [1.29, 1.82) is 0 Å². The molecule has 1 amide bonds. The van der Waals surface area contributed by atoms with Gasteiger partial charge < -0.3 is 14.4 Å². The van der Waals surface area contributed by atoms with Crippen LogP contribution in [0.1, 0.15) is 13.8 Å². The predicted molar refractivity (Wildman–Crippen MR) is 43.7 cm³/mol. The molecule has 0 N–H and O–H groups in total. The van der Waals surface area contributed by atoms with Crippen molar-refractivity contribution in [3.8, 4) is 0 Å². The Balaban J connectivity index is 2.76. The van der Waals surface area contributed by atoms with Gasteiger partial charge in [0, 0.05) is 6.92 Å².